The molecule has 6 heteroatoms. The molecule has 1 saturated heterocycles. The largest absolute Gasteiger partial charge is 0.497 e. The van der Waals surface area contributed by atoms with E-state index in [-0.39, 0.29) is 0 Å². The van der Waals surface area contributed by atoms with Gasteiger partial charge in [0.2, 0.25) is 0 Å². The van der Waals surface area contributed by atoms with Crippen LogP contribution in [0.3, 0.4) is 0 Å². The van der Waals surface area contributed by atoms with Gasteiger partial charge >= 0.3 is 0 Å². The highest BCUT2D eigenvalue weighted by Gasteiger charge is 2.26. The third kappa shape index (κ3) is 6.11. The smallest absolute Gasteiger partial charge is 0.191 e. The quantitative estimate of drug-likeness (QED) is 0.472. The lowest BCUT2D eigenvalue weighted by Gasteiger charge is -2.21. The van der Waals surface area contributed by atoms with Crippen LogP contribution in [0.2, 0.25) is 0 Å². The first-order valence-electron chi connectivity index (χ1n) is 10.8. The van der Waals surface area contributed by atoms with Crippen molar-refractivity contribution < 1.29 is 9.84 Å². The highest BCUT2D eigenvalue weighted by molar-refractivity contribution is 5.80. The molecule has 0 radical (unpaired) electrons. The number of benzene rings is 1. The molecular weight excluding hydrogens is 352 g/mol. The summed E-state index contributed by atoms with van der Waals surface area (Å²) in [6.07, 6.45) is 6.16. The molecule has 1 aromatic rings. The third-order valence-corrected chi connectivity index (χ3v) is 5.87. The van der Waals surface area contributed by atoms with Gasteiger partial charge in [0.15, 0.2) is 5.96 Å². The van der Waals surface area contributed by atoms with E-state index >= 15 is 0 Å². The van der Waals surface area contributed by atoms with Gasteiger partial charge in [-0.1, -0.05) is 25.0 Å². The number of aliphatic hydroxyl groups excluding tert-OH is 1. The number of hydrogen-bond acceptors (Lipinski definition) is 4. The van der Waals surface area contributed by atoms with E-state index in [0.29, 0.717) is 12.6 Å². The third-order valence-electron chi connectivity index (χ3n) is 5.87. The molecule has 1 heterocycles. The number of methoxy groups -OCH3 is 1. The Balaban J connectivity index is 1.49. The van der Waals surface area contributed by atoms with E-state index in [1.54, 1.807) is 7.11 Å². The molecule has 2 atom stereocenters. The maximum absolute atomic E-state index is 10.5. The minimum atomic E-state index is -0.621. The van der Waals surface area contributed by atoms with Crippen LogP contribution in [0, 0.1) is 5.92 Å². The van der Waals surface area contributed by atoms with Gasteiger partial charge in [-0.25, -0.2) is 0 Å². The summed E-state index contributed by atoms with van der Waals surface area (Å²) in [6.45, 7) is 6.72. The molecule has 3 N–H and O–H groups in total. The van der Waals surface area contributed by atoms with E-state index in [0.717, 1.165) is 42.7 Å². The second-order valence-electron chi connectivity index (χ2n) is 8.05. The summed E-state index contributed by atoms with van der Waals surface area (Å²) in [4.78, 5) is 7.22. The molecule has 28 heavy (non-hydrogen) atoms. The van der Waals surface area contributed by atoms with Crippen molar-refractivity contribution >= 4 is 5.96 Å². The molecule has 2 aliphatic rings. The monoisotopic (exact) mass is 388 g/mol. The Morgan fingerprint density at radius 2 is 2.00 bits per heavy atom. The number of aliphatic imine (C=N–C) groups is 1. The minimum Gasteiger partial charge on any atom is -0.497 e. The lowest BCUT2D eigenvalue weighted by Crippen LogP contribution is -2.45. The van der Waals surface area contributed by atoms with Crippen molar-refractivity contribution in [1.82, 2.24) is 15.5 Å². The van der Waals surface area contributed by atoms with Gasteiger partial charge in [0, 0.05) is 32.2 Å². The van der Waals surface area contributed by atoms with Crippen LogP contribution in [-0.4, -0.2) is 61.8 Å². The first-order chi connectivity index (χ1) is 13.7. The number of nitrogens with zero attached hydrogens (tertiary/aromatic N) is 2. The molecular formula is C22H36N4O2. The second kappa shape index (κ2) is 10.7. The maximum Gasteiger partial charge on any atom is 0.191 e. The molecule has 0 amide bonds. The van der Waals surface area contributed by atoms with Gasteiger partial charge in [0.25, 0.3) is 0 Å². The van der Waals surface area contributed by atoms with Crippen LogP contribution < -0.4 is 15.4 Å². The number of ether oxygens (including phenoxy) is 1. The molecule has 3 rings (SSSR count). The van der Waals surface area contributed by atoms with Crippen LogP contribution in [-0.2, 0) is 0 Å². The van der Waals surface area contributed by atoms with Crippen LogP contribution in [0.5, 0.6) is 5.75 Å². The lowest BCUT2D eigenvalue weighted by molar-refractivity contribution is 0.187. The average Bonchev–Trinajstić information content (AvgIpc) is 3.38. The number of nitrogens with one attached hydrogen (secondary N) is 2. The SMILES string of the molecule is CCNC(=NCC(O)c1ccc(OC)cc1)NC1CCN(CC2CCCC2)C1. The van der Waals surface area contributed by atoms with Crippen molar-refractivity contribution in [2.24, 2.45) is 10.9 Å². The van der Waals surface area contributed by atoms with Gasteiger partial charge in [-0.05, 0) is 49.8 Å². The van der Waals surface area contributed by atoms with Crippen molar-refractivity contribution in [2.75, 3.05) is 39.8 Å². The summed E-state index contributed by atoms with van der Waals surface area (Å²) in [5, 5.41) is 17.3. The molecule has 0 spiro atoms. The predicted octanol–water partition coefficient (Wildman–Crippen LogP) is 2.55. The molecule has 1 aromatic carbocycles. The van der Waals surface area contributed by atoms with Gasteiger partial charge in [0.1, 0.15) is 5.75 Å². The van der Waals surface area contributed by atoms with E-state index < -0.39 is 6.10 Å². The molecule has 0 aromatic heterocycles. The Bertz CT molecular complexity index is 613. The van der Waals surface area contributed by atoms with Crippen molar-refractivity contribution in [2.45, 2.75) is 51.2 Å². The highest BCUT2D eigenvalue weighted by Crippen LogP contribution is 2.26. The fraction of sp³-hybridized carbons (Fsp3) is 0.682. The van der Waals surface area contributed by atoms with Crippen molar-refractivity contribution in [3.63, 3.8) is 0 Å². The molecule has 2 fully saturated rings. The van der Waals surface area contributed by atoms with Crippen LogP contribution >= 0.6 is 0 Å². The molecule has 0 bridgehead atoms. The summed E-state index contributed by atoms with van der Waals surface area (Å²) in [5.74, 6) is 2.49. The average molecular weight is 389 g/mol. The van der Waals surface area contributed by atoms with Gasteiger partial charge in [-0.15, -0.1) is 0 Å². The van der Waals surface area contributed by atoms with Crippen LogP contribution in [0.25, 0.3) is 0 Å². The summed E-state index contributed by atoms with van der Waals surface area (Å²) in [6, 6.07) is 7.93. The van der Waals surface area contributed by atoms with Crippen LogP contribution in [0.15, 0.2) is 29.3 Å². The first-order valence-corrected chi connectivity index (χ1v) is 10.8. The van der Waals surface area contributed by atoms with Crippen molar-refractivity contribution in [3.8, 4) is 5.75 Å². The fourth-order valence-corrected chi connectivity index (χ4v) is 4.30. The Labute approximate surface area is 169 Å². The Morgan fingerprint density at radius 1 is 1.25 bits per heavy atom. The van der Waals surface area contributed by atoms with Gasteiger partial charge in [0.05, 0.1) is 19.8 Å². The van der Waals surface area contributed by atoms with E-state index in [1.807, 2.05) is 24.3 Å². The second-order valence-corrected chi connectivity index (χ2v) is 8.05. The summed E-state index contributed by atoms with van der Waals surface area (Å²) < 4.78 is 5.17. The molecule has 1 aliphatic carbocycles. The number of rotatable bonds is 8. The first kappa shape index (κ1) is 20.9. The molecule has 156 valence electrons. The zero-order valence-corrected chi connectivity index (χ0v) is 17.4. The van der Waals surface area contributed by atoms with Crippen molar-refractivity contribution in [1.29, 1.82) is 0 Å². The normalized spacial score (nSPS) is 22.4. The minimum absolute atomic E-state index is 0.334. The lowest BCUT2D eigenvalue weighted by atomic mass is 10.1. The van der Waals surface area contributed by atoms with Crippen LogP contribution in [0.4, 0.5) is 0 Å². The number of guanidine groups is 1. The molecule has 1 aliphatic heterocycles. The van der Waals surface area contributed by atoms with Gasteiger partial charge in [-0.3, -0.25) is 4.99 Å². The highest BCUT2D eigenvalue weighted by atomic mass is 16.5. The summed E-state index contributed by atoms with van der Waals surface area (Å²) >= 11 is 0. The summed E-state index contributed by atoms with van der Waals surface area (Å²) in [5.41, 5.74) is 0.851. The fourth-order valence-electron chi connectivity index (χ4n) is 4.30. The Morgan fingerprint density at radius 3 is 2.68 bits per heavy atom. The summed E-state index contributed by atoms with van der Waals surface area (Å²) in [7, 11) is 1.64. The van der Waals surface area contributed by atoms with Gasteiger partial charge in [-0.2, -0.15) is 0 Å². The number of hydrogen-bond donors (Lipinski definition) is 3. The van der Waals surface area contributed by atoms with Crippen LogP contribution in [0.1, 0.15) is 50.7 Å². The van der Waals surface area contributed by atoms with E-state index in [1.165, 1.54) is 38.8 Å². The number of aliphatic hydroxyl groups is 1. The maximum atomic E-state index is 10.5. The Kier molecular flexibility index (Phi) is 7.98. The number of likely N-dealkylation sites (tertiary alicyclic amines) is 1. The zero-order valence-electron chi connectivity index (χ0n) is 17.4. The standard InChI is InChI=1S/C22H36N4O2/c1-3-23-22(24-14-21(27)18-8-10-20(28-2)11-9-18)25-19-12-13-26(16-19)15-17-6-4-5-7-17/h8-11,17,19,21,27H,3-7,12-16H2,1-2H3,(H2,23,24,25). The van der Waals surface area contributed by atoms with E-state index in [2.05, 4.69) is 27.4 Å². The predicted molar refractivity (Wildman–Crippen MR) is 114 cm³/mol. The van der Waals surface area contributed by atoms with Gasteiger partial charge < -0.3 is 25.4 Å². The van der Waals surface area contributed by atoms with Crippen molar-refractivity contribution in [3.05, 3.63) is 29.8 Å². The molecule has 1 saturated carbocycles. The van der Waals surface area contributed by atoms with E-state index in [9.17, 15) is 5.11 Å². The Hall–Kier alpha value is -1.79. The topological polar surface area (TPSA) is 69.1 Å². The van der Waals surface area contributed by atoms with E-state index in [4.69, 9.17) is 4.74 Å². The molecule has 6 nitrogen and oxygen atoms in total. The molecule has 2 unspecified atom stereocenters. The zero-order chi connectivity index (χ0) is 19.8.